The molecule has 0 saturated heterocycles. The lowest BCUT2D eigenvalue weighted by Gasteiger charge is -2.12. The second kappa shape index (κ2) is 7.99. The first kappa shape index (κ1) is 17.9. The third-order valence-electron chi connectivity index (χ3n) is 3.30. The van der Waals surface area contributed by atoms with Gasteiger partial charge in [0.25, 0.3) is 0 Å². The van der Waals surface area contributed by atoms with Crippen LogP contribution in [0.3, 0.4) is 0 Å². The van der Waals surface area contributed by atoms with Gasteiger partial charge < -0.3 is 15.7 Å². The number of carboxylic acid groups (broad SMARTS) is 1. The molecule has 0 unspecified atom stereocenters. The minimum atomic E-state index is -1.02. The molecule has 0 fully saturated rings. The molecule has 7 nitrogen and oxygen atoms in total. The average Bonchev–Trinajstić information content (AvgIpc) is 2.64. The number of aromatic nitrogens is 3. The molecule has 26 heavy (non-hydrogen) atoms. The molecule has 0 bridgehead atoms. The SMILES string of the molecule is O=C(O)CNc1nc(Nc2cccc(Cl)c2Cl)cc(-c2cccnc2)n1. The van der Waals surface area contributed by atoms with E-state index >= 15 is 0 Å². The molecule has 0 spiro atoms. The van der Waals surface area contributed by atoms with Gasteiger partial charge in [-0.05, 0) is 24.3 Å². The number of carbonyl (C=O) groups is 1. The van der Waals surface area contributed by atoms with Gasteiger partial charge >= 0.3 is 5.97 Å². The number of hydrogen-bond acceptors (Lipinski definition) is 6. The van der Waals surface area contributed by atoms with E-state index in [1.807, 2.05) is 6.07 Å². The summed E-state index contributed by atoms with van der Waals surface area (Å²) in [6, 6.07) is 10.5. The van der Waals surface area contributed by atoms with Crippen molar-refractivity contribution in [1.82, 2.24) is 15.0 Å². The second-order valence-electron chi connectivity index (χ2n) is 5.18. The highest BCUT2D eigenvalue weighted by Gasteiger charge is 2.10. The van der Waals surface area contributed by atoms with E-state index in [4.69, 9.17) is 28.3 Å². The van der Waals surface area contributed by atoms with Gasteiger partial charge in [0.05, 0.1) is 21.4 Å². The Morgan fingerprint density at radius 1 is 1.15 bits per heavy atom. The van der Waals surface area contributed by atoms with Gasteiger partial charge in [0.1, 0.15) is 12.4 Å². The minimum Gasteiger partial charge on any atom is -0.480 e. The van der Waals surface area contributed by atoms with Gasteiger partial charge in [-0.3, -0.25) is 9.78 Å². The lowest BCUT2D eigenvalue weighted by Crippen LogP contribution is -2.15. The van der Waals surface area contributed by atoms with E-state index in [1.54, 1.807) is 42.7 Å². The third kappa shape index (κ3) is 4.38. The number of hydrogen-bond donors (Lipinski definition) is 3. The number of benzene rings is 1. The molecule has 0 saturated carbocycles. The van der Waals surface area contributed by atoms with Crippen molar-refractivity contribution in [2.75, 3.05) is 17.2 Å². The molecule has 0 radical (unpaired) electrons. The number of halogens is 2. The molecular formula is C17H13Cl2N5O2. The predicted molar refractivity (Wildman–Crippen MR) is 101 cm³/mol. The first-order valence-electron chi connectivity index (χ1n) is 7.49. The molecule has 0 aliphatic rings. The van der Waals surface area contributed by atoms with Crippen LogP contribution < -0.4 is 10.6 Å². The maximum Gasteiger partial charge on any atom is 0.322 e. The second-order valence-corrected chi connectivity index (χ2v) is 5.96. The molecule has 2 heterocycles. The van der Waals surface area contributed by atoms with Crippen LogP contribution in [0.2, 0.25) is 10.0 Å². The van der Waals surface area contributed by atoms with Crippen molar-refractivity contribution >= 4 is 46.6 Å². The zero-order valence-electron chi connectivity index (χ0n) is 13.3. The number of nitrogens with zero attached hydrogens (tertiary/aromatic N) is 3. The number of aliphatic carboxylic acids is 1. The molecule has 0 atom stereocenters. The number of carboxylic acids is 1. The molecule has 0 aliphatic heterocycles. The lowest BCUT2D eigenvalue weighted by atomic mass is 10.2. The van der Waals surface area contributed by atoms with Crippen LogP contribution in [0.5, 0.6) is 0 Å². The van der Waals surface area contributed by atoms with Gasteiger partial charge in [-0.25, -0.2) is 4.98 Å². The highest BCUT2D eigenvalue weighted by Crippen LogP contribution is 2.32. The van der Waals surface area contributed by atoms with Crippen LogP contribution in [0.15, 0.2) is 48.8 Å². The average molecular weight is 390 g/mol. The number of rotatable bonds is 6. The smallest absolute Gasteiger partial charge is 0.322 e. The third-order valence-corrected chi connectivity index (χ3v) is 4.11. The summed E-state index contributed by atoms with van der Waals surface area (Å²) >= 11 is 12.2. The van der Waals surface area contributed by atoms with Crippen LogP contribution in [-0.2, 0) is 4.79 Å². The fourth-order valence-corrected chi connectivity index (χ4v) is 2.49. The first-order valence-corrected chi connectivity index (χ1v) is 8.24. The van der Waals surface area contributed by atoms with Crippen molar-refractivity contribution in [2.24, 2.45) is 0 Å². The Labute approximate surface area is 159 Å². The summed E-state index contributed by atoms with van der Waals surface area (Å²) in [5, 5.41) is 15.4. The molecule has 1 aromatic carbocycles. The molecule has 9 heteroatoms. The largest absolute Gasteiger partial charge is 0.480 e. The Morgan fingerprint density at radius 2 is 2.00 bits per heavy atom. The maximum atomic E-state index is 10.8. The Bertz CT molecular complexity index is 938. The summed E-state index contributed by atoms with van der Waals surface area (Å²) in [4.78, 5) is 23.5. The highest BCUT2D eigenvalue weighted by atomic mass is 35.5. The lowest BCUT2D eigenvalue weighted by molar-refractivity contribution is -0.134. The van der Waals surface area contributed by atoms with Gasteiger partial charge in [-0.2, -0.15) is 4.98 Å². The summed E-state index contributed by atoms with van der Waals surface area (Å²) in [6.45, 7) is -0.312. The highest BCUT2D eigenvalue weighted by molar-refractivity contribution is 6.43. The minimum absolute atomic E-state index is 0.161. The number of nitrogens with one attached hydrogen (secondary N) is 2. The van der Waals surface area contributed by atoms with Gasteiger partial charge in [0.2, 0.25) is 5.95 Å². The van der Waals surface area contributed by atoms with Crippen LogP contribution in [-0.4, -0.2) is 32.6 Å². The first-order chi connectivity index (χ1) is 12.5. The number of pyridine rings is 1. The monoisotopic (exact) mass is 389 g/mol. The summed E-state index contributed by atoms with van der Waals surface area (Å²) < 4.78 is 0. The molecular weight excluding hydrogens is 377 g/mol. The Hall–Kier alpha value is -2.90. The summed E-state index contributed by atoms with van der Waals surface area (Å²) in [6.07, 6.45) is 3.30. The van der Waals surface area contributed by atoms with Gasteiger partial charge in [-0.15, -0.1) is 0 Å². The van der Waals surface area contributed by atoms with Gasteiger partial charge in [0, 0.05) is 24.0 Å². The molecule has 0 amide bonds. The van der Waals surface area contributed by atoms with E-state index in [-0.39, 0.29) is 12.5 Å². The normalized spacial score (nSPS) is 10.4. The molecule has 0 aliphatic carbocycles. The van der Waals surface area contributed by atoms with Crippen molar-refractivity contribution in [3.05, 3.63) is 58.8 Å². The molecule has 3 aromatic rings. The van der Waals surface area contributed by atoms with Crippen LogP contribution >= 0.6 is 23.2 Å². The van der Waals surface area contributed by atoms with E-state index in [9.17, 15) is 4.79 Å². The van der Waals surface area contributed by atoms with E-state index in [0.717, 1.165) is 5.56 Å². The van der Waals surface area contributed by atoms with E-state index in [1.165, 1.54) is 0 Å². The van der Waals surface area contributed by atoms with Crippen molar-refractivity contribution in [1.29, 1.82) is 0 Å². The van der Waals surface area contributed by atoms with Crippen LogP contribution in [0.1, 0.15) is 0 Å². The van der Waals surface area contributed by atoms with Crippen molar-refractivity contribution in [2.45, 2.75) is 0 Å². The molecule has 3 rings (SSSR count). The number of anilines is 3. The van der Waals surface area contributed by atoms with Crippen molar-refractivity contribution < 1.29 is 9.90 Å². The van der Waals surface area contributed by atoms with E-state index in [0.29, 0.717) is 27.2 Å². The summed E-state index contributed by atoms with van der Waals surface area (Å²) in [5.41, 5.74) is 1.90. The Kier molecular flexibility index (Phi) is 5.50. The van der Waals surface area contributed by atoms with Crippen molar-refractivity contribution in [3.8, 4) is 11.3 Å². The van der Waals surface area contributed by atoms with Crippen LogP contribution in [0.4, 0.5) is 17.5 Å². The Balaban J connectivity index is 1.99. The standard InChI is InChI=1S/C17H13Cl2N5O2/c18-11-4-1-5-12(16(11)19)22-14-7-13(10-3-2-6-20-8-10)23-17(24-14)21-9-15(25)26/h1-8H,9H2,(H,25,26)(H2,21,22,23,24). The fourth-order valence-electron chi connectivity index (χ4n) is 2.15. The fraction of sp³-hybridized carbons (Fsp3) is 0.0588. The summed E-state index contributed by atoms with van der Waals surface area (Å²) in [7, 11) is 0. The molecule has 2 aromatic heterocycles. The maximum absolute atomic E-state index is 10.8. The summed E-state index contributed by atoms with van der Waals surface area (Å²) in [5.74, 6) is -0.432. The van der Waals surface area contributed by atoms with E-state index < -0.39 is 5.97 Å². The molecule has 3 N–H and O–H groups in total. The topological polar surface area (TPSA) is 100 Å². The predicted octanol–water partition coefficient (Wildman–Crippen LogP) is 4.09. The quantitative estimate of drug-likeness (QED) is 0.583. The molecule has 132 valence electrons. The van der Waals surface area contributed by atoms with Gasteiger partial charge in [-0.1, -0.05) is 29.3 Å². The Morgan fingerprint density at radius 3 is 2.73 bits per heavy atom. The van der Waals surface area contributed by atoms with Crippen LogP contribution in [0, 0.1) is 0 Å². The van der Waals surface area contributed by atoms with Gasteiger partial charge in [0.15, 0.2) is 0 Å². The van der Waals surface area contributed by atoms with Crippen molar-refractivity contribution in [3.63, 3.8) is 0 Å². The zero-order chi connectivity index (χ0) is 18.5. The van der Waals surface area contributed by atoms with E-state index in [2.05, 4.69) is 25.6 Å². The zero-order valence-corrected chi connectivity index (χ0v) is 14.8. The van der Waals surface area contributed by atoms with Crippen LogP contribution in [0.25, 0.3) is 11.3 Å².